The summed E-state index contributed by atoms with van der Waals surface area (Å²) >= 11 is 0. The van der Waals surface area contributed by atoms with Crippen LogP contribution < -0.4 is 10.6 Å². The molecule has 9 nitrogen and oxygen atoms in total. The van der Waals surface area contributed by atoms with Gasteiger partial charge in [0.05, 0.1) is 6.54 Å². The molecule has 0 atom stereocenters. The van der Waals surface area contributed by atoms with Gasteiger partial charge in [-0.2, -0.15) is 4.98 Å². The molecule has 2 aliphatic carbocycles. The van der Waals surface area contributed by atoms with E-state index < -0.39 is 17.2 Å². The number of carbonyl (C=O) groups is 2. The molecule has 1 heterocycles. The number of ether oxygens (including phenoxy) is 1. The van der Waals surface area contributed by atoms with Crippen LogP contribution in [0.5, 0.6) is 0 Å². The standard InChI is InChI=1S/C25H35N5O4/c1-24(2,3)33-23(32)28-25(4,5)22-27-20(34-29-22)15-30(19-12-13-19)14-16-6-8-17(9-7-16)21(31)26-18-10-11-18/h6-9,18-19H,10-15H2,1-5H3,(H,26,31)(H,28,32). The molecule has 0 bridgehead atoms. The SMILES string of the molecule is CC(C)(C)OC(=O)NC(C)(C)c1noc(CN(Cc2ccc(C(=O)NC3CC3)cc2)C2CC2)n1. The first-order chi connectivity index (χ1) is 16.0. The van der Waals surface area contributed by atoms with E-state index in [1.165, 1.54) is 0 Å². The minimum atomic E-state index is -0.842. The van der Waals surface area contributed by atoms with Crippen molar-refractivity contribution in [2.45, 2.75) is 96.6 Å². The topological polar surface area (TPSA) is 110 Å². The summed E-state index contributed by atoms with van der Waals surface area (Å²) in [5.74, 6) is 0.894. The smallest absolute Gasteiger partial charge is 0.408 e. The lowest BCUT2D eigenvalue weighted by Crippen LogP contribution is -2.44. The van der Waals surface area contributed by atoms with E-state index in [1.807, 2.05) is 58.9 Å². The summed E-state index contributed by atoms with van der Waals surface area (Å²) in [7, 11) is 0. The summed E-state index contributed by atoms with van der Waals surface area (Å²) in [4.78, 5) is 31.3. The number of nitrogens with one attached hydrogen (secondary N) is 2. The number of carbonyl (C=O) groups excluding carboxylic acids is 2. The minimum absolute atomic E-state index is 0.00547. The molecule has 34 heavy (non-hydrogen) atoms. The Hall–Kier alpha value is -2.94. The molecular formula is C25H35N5O4. The fraction of sp³-hybridized carbons (Fsp3) is 0.600. The van der Waals surface area contributed by atoms with E-state index in [1.54, 1.807) is 0 Å². The van der Waals surface area contributed by atoms with E-state index in [4.69, 9.17) is 9.26 Å². The van der Waals surface area contributed by atoms with Crippen molar-refractivity contribution in [2.24, 2.45) is 0 Å². The van der Waals surface area contributed by atoms with E-state index >= 15 is 0 Å². The number of rotatable bonds is 9. The van der Waals surface area contributed by atoms with Gasteiger partial charge in [0.1, 0.15) is 11.1 Å². The van der Waals surface area contributed by atoms with E-state index in [2.05, 4.69) is 25.7 Å². The monoisotopic (exact) mass is 469 g/mol. The van der Waals surface area contributed by atoms with Gasteiger partial charge >= 0.3 is 6.09 Å². The molecule has 0 radical (unpaired) electrons. The Morgan fingerprint density at radius 2 is 1.74 bits per heavy atom. The highest BCUT2D eigenvalue weighted by molar-refractivity contribution is 5.94. The van der Waals surface area contributed by atoms with Gasteiger partial charge in [0.2, 0.25) is 5.89 Å². The van der Waals surface area contributed by atoms with Crippen molar-refractivity contribution < 1.29 is 18.8 Å². The number of hydrogen-bond acceptors (Lipinski definition) is 7. The minimum Gasteiger partial charge on any atom is -0.444 e. The van der Waals surface area contributed by atoms with E-state index in [9.17, 15) is 9.59 Å². The zero-order valence-corrected chi connectivity index (χ0v) is 20.7. The molecule has 0 aliphatic heterocycles. The molecule has 2 aliphatic rings. The molecule has 0 spiro atoms. The van der Waals surface area contributed by atoms with Gasteiger partial charge < -0.3 is 19.9 Å². The third-order valence-corrected chi connectivity index (χ3v) is 5.76. The van der Waals surface area contributed by atoms with E-state index in [0.717, 1.165) is 37.8 Å². The zero-order valence-electron chi connectivity index (χ0n) is 20.7. The molecular weight excluding hydrogens is 434 g/mol. The zero-order chi connectivity index (χ0) is 24.5. The normalized spacial score (nSPS) is 16.4. The quantitative estimate of drug-likeness (QED) is 0.573. The highest BCUT2D eigenvalue weighted by Crippen LogP contribution is 2.30. The Kier molecular flexibility index (Phi) is 6.66. The Morgan fingerprint density at radius 3 is 2.32 bits per heavy atom. The third-order valence-electron chi connectivity index (χ3n) is 5.76. The van der Waals surface area contributed by atoms with Gasteiger partial charge in [-0.05, 0) is 78.0 Å². The van der Waals surface area contributed by atoms with Gasteiger partial charge in [0.25, 0.3) is 5.91 Å². The fourth-order valence-electron chi connectivity index (χ4n) is 3.61. The van der Waals surface area contributed by atoms with Gasteiger partial charge in [-0.15, -0.1) is 0 Å². The molecule has 0 unspecified atom stereocenters. The maximum Gasteiger partial charge on any atom is 0.408 e. The average Bonchev–Trinajstić information content (AvgIpc) is 3.66. The predicted molar refractivity (Wildman–Crippen MR) is 126 cm³/mol. The Morgan fingerprint density at radius 1 is 1.06 bits per heavy atom. The van der Waals surface area contributed by atoms with Crippen molar-refractivity contribution in [1.82, 2.24) is 25.7 Å². The summed E-state index contributed by atoms with van der Waals surface area (Å²) in [5, 5.41) is 9.93. The van der Waals surface area contributed by atoms with Crippen molar-refractivity contribution in [3.05, 3.63) is 47.1 Å². The van der Waals surface area contributed by atoms with Crippen LogP contribution in [-0.2, 0) is 23.4 Å². The van der Waals surface area contributed by atoms with Crippen molar-refractivity contribution in [1.29, 1.82) is 0 Å². The molecule has 2 saturated carbocycles. The number of nitrogens with zero attached hydrogens (tertiary/aromatic N) is 3. The van der Waals surface area contributed by atoms with Crippen LogP contribution in [0.4, 0.5) is 4.79 Å². The van der Waals surface area contributed by atoms with Gasteiger partial charge in [-0.25, -0.2) is 4.79 Å². The lowest BCUT2D eigenvalue weighted by atomic mass is 10.1. The first-order valence-corrected chi connectivity index (χ1v) is 12.0. The molecule has 2 aromatic rings. The van der Waals surface area contributed by atoms with Crippen LogP contribution in [0, 0.1) is 0 Å². The summed E-state index contributed by atoms with van der Waals surface area (Å²) in [6, 6.07) is 8.60. The molecule has 1 aromatic carbocycles. The van der Waals surface area contributed by atoms with Crippen molar-refractivity contribution in [3.8, 4) is 0 Å². The lowest BCUT2D eigenvalue weighted by Gasteiger charge is -2.26. The van der Waals surface area contributed by atoms with Crippen LogP contribution in [-0.4, -0.2) is 44.7 Å². The van der Waals surface area contributed by atoms with Crippen LogP contribution in [0.3, 0.4) is 0 Å². The van der Waals surface area contributed by atoms with Crippen molar-refractivity contribution in [3.63, 3.8) is 0 Å². The van der Waals surface area contributed by atoms with Gasteiger partial charge in [0.15, 0.2) is 5.82 Å². The first-order valence-electron chi connectivity index (χ1n) is 12.0. The second-order valence-electron chi connectivity index (χ2n) is 10.8. The number of benzene rings is 1. The number of hydrogen-bond donors (Lipinski definition) is 2. The van der Waals surface area contributed by atoms with Gasteiger partial charge in [-0.3, -0.25) is 9.69 Å². The molecule has 1 aromatic heterocycles. The number of alkyl carbamates (subject to hydrolysis) is 1. The Balaban J connectivity index is 1.36. The molecule has 2 fully saturated rings. The number of amides is 2. The van der Waals surface area contributed by atoms with Crippen LogP contribution in [0.2, 0.25) is 0 Å². The highest BCUT2D eigenvalue weighted by Gasteiger charge is 2.33. The molecule has 9 heteroatoms. The van der Waals surface area contributed by atoms with Crippen LogP contribution in [0.25, 0.3) is 0 Å². The first kappa shape index (κ1) is 24.2. The van der Waals surface area contributed by atoms with Gasteiger partial charge in [-0.1, -0.05) is 17.3 Å². The van der Waals surface area contributed by atoms with E-state index in [-0.39, 0.29) is 5.91 Å². The molecule has 4 rings (SSSR count). The second kappa shape index (κ2) is 9.37. The maximum atomic E-state index is 12.2. The predicted octanol–water partition coefficient (Wildman–Crippen LogP) is 3.89. The van der Waals surface area contributed by atoms with Crippen molar-refractivity contribution in [2.75, 3.05) is 0 Å². The molecule has 2 N–H and O–H groups in total. The summed E-state index contributed by atoms with van der Waals surface area (Å²) in [6.45, 7) is 10.3. The molecule has 0 saturated heterocycles. The molecule has 184 valence electrons. The average molecular weight is 470 g/mol. The Labute approximate surface area is 200 Å². The Bertz CT molecular complexity index is 1020. The maximum absolute atomic E-state index is 12.2. The fourth-order valence-corrected chi connectivity index (χ4v) is 3.61. The summed E-state index contributed by atoms with van der Waals surface area (Å²) in [6.07, 6.45) is 3.89. The van der Waals surface area contributed by atoms with Crippen molar-refractivity contribution >= 4 is 12.0 Å². The summed E-state index contributed by atoms with van der Waals surface area (Å²) < 4.78 is 10.9. The van der Waals surface area contributed by atoms with Crippen LogP contribution >= 0.6 is 0 Å². The summed E-state index contributed by atoms with van der Waals surface area (Å²) in [5.41, 5.74) is 0.384. The second-order valence-corrected chi connectivity index (χ2v) is 10.8. The number of aromatic nitrogens is 2. The van der Waals surface area contributed by atoms with Crippen LogP contribution in [0.15, 0.2) is 28.8 Å². The van der Waals surface area contributed by atoms with Gasteiger partial charge in [0, 0.05) is 24.2 Å². The lowest BCUT2D eigenvalue weighted by molar-refractivity contribution is 0.0465. The molecule has 2 amide bonds. The van der Waals surface area contributed by atoms with E-state index in [0.29, 0.717) is 35.9 Å². The largest absolute Gasteiger partial charge is 0.444 e. The highest BCUT2D eigenvalue weighted by atomic mass is 16.6. The van der Waals surface area contributed by atoms with Crippen LogP contribution in [0.1, 0.15) is 87.9 Å². The third kappa shape index (κ3) is 6.79.